The van der Waals surface area contributed by atoms with Crippen molar-refractivity contribution in [2.45, 2.75) is 26.0 Å². The largest absolute Gasteiger partial charge is 0.489 e. The molecule has 1 unspecified atom stereocenters. The molecule has 2 N–H and O–H groups in total. The Bertz CT molecular complexity index is 637. The summed E-state index contributed by atoms with van der Waals surface area (Å²) in [6, 6.07) is 19.0. The molecule has 1 aliphatic rings. The molecular weight excluding hydrogens is 286 g/mol. The molecule has 0 spiro atoms. The Labute approximate surface area is 137 Å². The van der Waals surface area contributed by atoms with Crippen LogP contribution >= 0.6 is 0 Å². The van der Waals surface area contributed by atoms with Crippen LogP contribution in [0.1, 0.15) is 18.1 Å². The van der Waals surface area contributed by atoms with E-state index in [2.05, 4.69) is 46.8 Å². The van der Waals surface area contributed by atoms with Crippen molar-refractivity contribution in [2.75, 3.05) is 13.1 Å². The number of aliphatic imine (C=N–C) groups is 1. The van der Waals surface area contributed by atoms with E-state index in [0.717, 1.165) is 31.2 Å². The standard InChI is InChI=1S/C19H23N3O/c1-15-13-21-19(22-15)20-12-11-16-7-9-18(10-8-16)23-14-17-5-3-2-4-6-17/h2-10,15H,11-14H2,1H3,(H2,20,21,22). The molecule has 1 heterocycles. The highest BCUT2D eigenvalue weighted by molar-refractivity contribution is 5.81. The molecule has 0 fully saturated rings. The number of benzene rings is 2. The van der Waals surface area contributed by atoms with Crippen LogP contribution in [0.15, 0.2) is 59.6 Å². The van der Waals surface area contributed by atoms with Gasteiger partial charge in [0.05, 0.1) is 6.54 Å². The van der Waals surface area contributed by atoms with Gasteiger partial charge in [0.1, 0.15) is 12.4 Å². The fourth-order valence-electron chi connectivity index (χ4n) is 2.48. The van der Waals surface area contributed by atoms with Crippen molar-refractivity contribution in [1.29, 1.82) is 0 Å². The maximum absolute atomic E-state index is 5.80. The summed E-state index contributed by atoms with van der Waals surface area (Å²) in [5, 5.41) is 6.63. The summed E-state index contributed by atoms with van der Waals surface area (Å²) in [6.45, 7) is 4.47. The van der Waals surface area contributed by atoms with Crippen LogP contribution in [0, 0.1) is 0 Å². The normalized spacial score (nSPS) is 16.6. The minimum Gasteiger partial charge on any atom is -0.489 e. The van der Waals surface area contributed by atoms with Crippen LogP contribution in [0.2, 0.25) is 0 Å². The van der Waals surface area contributed by atoms with Gasteiger partial charge in [0.2, 0.25) is 0 Å². The third-order valence-electron chi connectivity index (χ3n) is 3.78. The van der Waals surface area contributed by atoms with E-state index in [1.807, 2.05) is 30.3 Å². The molecule has 120 valence electrons. The SMILES string of the molecule is CC1CN=C(NCCc2ccc(OCc3ccccc3)cc2)N1. The van der Waals surface area contributed by atoms with E-state index >= 15 is 0 Å². The predicted octanol–water partition coefficient (Wildman–Crippen LogP) is 2.75. The lowest BCUT2D eigenvalue weighted by Gasteiger charge is -2.10. The van der Waals surface area contributed by atoms with E-state index in [-0.39, 0.29) is 0 Å². The van der Waals surface area contributed by atoms with Crippen molar-refractivity contribution >= 4 is 5.96 Å². The zero-order valence-electron chi connectivity index (χ0n) is 13.5. The first-order chi connectivity index (χ1) is 11.3. The van der Waals surface area contributed by atoms with Gasteiger partial charge in [-0.25, -0.2) is 0 Å². The fraction of sp³-hybridized carbons (Fsp3) is 0.316. The smallest absolute Gasteiger partial charge is 0.191 e. The second-order valence-corrected chi connectivity index (χ2v) is 5.83. The van der Waals surface area contributed by atoms with E-state index in [4.69, 9.17) is 4.74 Å². The highest BCUT2D eigenvalue weighted by atomic mass is 16.5. The molecule has 23 heavy (non-hydrogen) atoms. The Balaban J connectivity index is 1.42. The predicted molar refractivity (Wildman–Crippen MR) is 93.8 cm³/mol. The first kappa shape index (κ1) is 15.4. The van der Waals surface area contributed by atoms with Crippen molar-refractivity contribution in [3.63, 3.8) is 0 Å². The van der Waals surface area contributed by atoms with Gasteiger partial charge in [0.15, 0.2) is 5.96 Å². The average Bonchev–Trinajstić information content (AvgIpc) is 3.00. The summed E-state index contributed by atoms with van der Waals surface area (Å²) in [5.41, 5.74) is 2.47. The Kier molecular flexibility index (Phi) is 5.14. The summed E-state index contributed by atoms with van der Waals surface area (Å²) in [6.07, 6.45) is 0.966. The number of ether oxygens (including phenoxy) is 1. The molecule has 2 aromatic rings. The van der Waals surface area contributed by atoms with Gasteiger partial charge >= 0.3 is 0 Å². The third-order valence-corrected chi connectivity index (χ3v) is 3.78. The monoisotopic (exact) mass is 309 g/mol. The highest BCUT2D eigenvalue weighted by Gasteiger charge is 2.11. The van der Waals surface area contributed by atoms with Gasteiger partial charge < -0.3 is 15.4 Å². The molecule has 0 amide bonds. The van der Waals surface area contributed by atoms with Gasteiger partial charge in [-0.15, -0.1) is 0 Å². The molecule has 1 atom stereocenters. The van der Waals surface area contributed by atoms with Gasteiger partial charge in [-0.1, -0.05) is 42.5 Å². The number of nitrogens with one attached hydrogen (secondary N) is 2. The van der Waals surface area contributed by atoms with Gasteiger partial charge in [-0.05, 0) is 36.6 Å². The summed E-state index contributed by atoms with van der Waals surface area (Å²) in [4.78, 5) is 4.39. The van der Waals surface area contributed by atoms with Gasteiger partial charge in [0, 0.05) is 12.6 Å². The van der Waals surface area contributed by atoms with Crippen LogP contribution in [0.4, 0.5) is 0 Å². The van der Waals surface area contributed by atoms with Crippen molar-refractivity contribution in [3.05, 3.63) is 65.7 Å². The topological polar surface area (TPSA) is 45.7 Å². The second kappa shape index (κ2) is 7.68. The van der Waals surface area contributed by atoms with E-state index in [1.165, 1.54) is 11.1 Å². The Hall–Kier alpha value is -2.49. The number of nitrogens with zero attached hydrogens (tertiary/aromatic N) is 1. The van der Waals surface area contributed by atoms with Crippen LogP contribution in [-0.4, -0.2) is 25.1 Å². The van der Waals surface area contributed by atoms with E-state index in [9.17, 15) is 0 Å². The van der Waals surface area contributed by atoms with Gasteiger partial charge in [0.25, 0.3) is 0 Å². The molecule has 0 aromatic heterocycles. The lowest BCUT2D eigenvalue weighted by atomic mass is 10.1. The van der Waals surface area contributed by atoms with Crippen molar-refractivity contribution in [3.8, 4) is 5.75 Å². The molecule has 0 radical (unpaired) electrons. The van der Waals surface area contributed by atoms with E-state index < -0.39 is 0 Å². The molecule has 1 aliphatic heterocycles. The molecule has 0 aliphatic carbocycles. The molecule has 4 nitrogen and oxygen atoms in total. The molecule has 0 saturated carbocycles. The molecule has 2 aromatic carbocycles. The Morgan fingerprint density at radius 3 is 2.57 bits per heavy atom. The van der Waals surface area contributed by atoms with Crippen molar-refractivity contribution in [2.24, 2.45) is 4.99 Å². The zero-order chi connectivity index (χ0) is 15.9. The van der Waals surface area contributed by atoms with Crippen LogP contribution < -0.4 is 15.4 Å². The van der Waals surface area contributed by atoms with Gasteiger partial charge in [-0.3, -0.25) is 4.99 Å². The summed E-state index contributed by atoms with van der Waals surface area (Å²) < 4.78 is 5.80. The second-order valence-electron chi connectivity index (χ2n) is 5.83. The van der Waals surface area contributed by atoms with Crippen molar-refractivity contribution < 1.29 is 4.74 Å². The minimum absolute atomic E-state index is 0.443. The Morgan fingerprint density at radius 2 is 1.87 bits per heavy atom. The average molecular weight is 309 g/mol. The lowest BCUT2D eigenvalue weighted by molar-refractivity contribution is 0.306. The molecule has 0 saturated heterocycles. The summed E-state index contributed by atoms with van der Waals surface area (Å²) >= 11 is 0. The molecular formula is C19H23N3O. The Morgan fingerprint density at radius 1 is 1.09 bits per heavy atom. The molecule has 4 heteroatoms. The van der Waals surface area contributed by atoms with Crippen LogP contribution in [0.5, 0.6) is 5.75 Å². The number of hydrogen-bond donors (Lipinski definition) is 2. The highest BCUT2D eigenvalue weighted by Crippen LogP contribution is 2.14. The molecule has 0 bridgehead atoms. The summed E-state index contributed by atoms with van der Waals surface area (Å²) in [7, 11) is 0. The van der Waals surface area contributed by atoms with E-state index in [0.29, 0.717) is 12.6 Å². The van der Waals surface area contributed by atoms with Gasteiger partial charge in [-0.2, -0.15) is 0 Å². The fourth-order valence-corrected chi connectivity index (χ4v) is 2.48. The van der Waals surface area contributed by atoms with E-state index in [1.54, 1.807) is 0 Å². The summed E-state index contributed by atoms with van der Waals surface area (Å²) in [5.74, 6) is 1.82. The number of rotatable bonds is 6. The van der Waals surface area contributed by atoms with Crippen LogP contribution in [-0.2, 0) is 13.0 Å². The van der Waals surface area contributed by atoms with Crippen LogP contribution in [0.25, 0.3) is 0 Å². The molecule has 3 rings (SSSR count). The van der Waals surface area contributed by atoms with Crippen LogP contribution in [0.3, 0.4) is 0 Å². The lowest BCUT2D eigenvalue weighted by Crippen LogP contribution is -2.38. The van der Waals surface area contributed by atoms with Crippen molar-refractivity contribution in [1.82, 2.24) is 10.6 Å². The maximum atomic E-state index is 5.80. The third kappa shape index (κ3) is 4.74. The first-order valence-electron chi connectivity index (χ1n) is 8.10. The first-order valence-corrected chi connectivity index (χ1v) is 8.10. The minimum atomic E-state index is 0.443. The number of hydrogen-bond acceptors (Lipinski definition) is 4. The maximum Gasteiger partial charge on any atom is 0.191 e. The number of guanidine groups is 1. The zero-order valence-corrected chi connectivity index (χ0v) is 13.5. The quantitative estimate of drug-likeness (QED) is 0.862.